The molecule has 4 rings (SSSR count). The van der Waals surface area contributed by atoms with Gasteiger partial charge in [0.25, 0.3) is 0 Å². The predicted molar refractivity (Wildman–Crippen MR) is 125 cm³/mol. The highest BCUT2D eigenvalue weighted by Gasteiger charge is 2.09. The fourth-order valence-electron chi connectivity index (χ4n) is 3.14. The van der Waals surface area contributed by atoms with Crippen molar-refractivity contribution in [3.63, 3.8) is 0 Å². The molecule has 2 aromatic carbocycles. The number of H-pyrrole nitrogens is 1. The van der Waals surface area contributed by atoms with Crippen LogP contribution in [0.5, 0.6) is 11.6 Å². The van der Waals surface area contributed by atoms with Gasteiger partial charge >= 0.3 is 11.4 Å². The number of hydrogen-bond donors (Lipinski definition) is 2. The average Bonchev–Trinajstić information content (AvgIpc) is 2.84. The molecule has 0 amide bonds. The number of aromatic nitrogens is 5. The molecule has 2 heterocycles. The van der Waals surface area contributed by atoms with Crippen molar-refractivity contribution >= 4 is 17.3 Å². The van der Waals surface area contributed by atoms with Crippen molar-refractivity contribution < 1.29 is 9.84 Å². The zero-order chi connectivity index (χ0) is 24.1. The highest BCUT2D eigenvalue weighted by atomic mass is 35.5. The molecule has 0 unspecified atom stereocenters. The first-order chi connectivity index (χ1) is 16.5. The summed E-state index contributed by atoms with van der Waals surface area (Å²) in [7, 11) is 0. The quantitative estimate of drug-likeness (QED) is 0.418. The van der Waals surface area contributed by atoms with Crippen molar-refractivity contribution in [3.8, 4) is 11.6 Å². The number of hydrogen-bond acceptors (Lipinski definition) is 7. The zero-order valence-electron chi connectivity index (χ0n) is 18.2. The fourth-order valence-corrected chi connectivity index (χ4v) is 3.27. The first kappa shape index (κ1) is 23.1. The van der Waals surface area contributed by atoms with Gasteiger partial charge in [0.05, 0.1) is 36.9 Å². The Labute approximate surface area is 198 Å². The van der Waals surface area contributed by atoms with Crippen LogP contribution < -0.4 is 21.7 Å². The van der Waals surface area contributed by atoms with E-state index in [1.807, 2.05) is 12.1 Å². The molecule has 0 radical (unpaired) electrons. The molecule has 174 valence electrons. The van der Waals surface area contributed by atoms with E-state index in [4.69, 9.17) is 21.4 Å². The highest BCUT2D eigenvalue weighted by molar-refractivity contribution is 6.30. The van der Waals surface area contributed by atoms with Gasteiger partial charge < -0.3 is 9.84 Å². The third kappa shape index (κ3) is 5.30. The Morgan fingerprint density at radius 1 is 1.03 bits per heavy atom. The number of aliphatic hydroxyl groups is 1. The van der Waals surface area contributed by atoms with Gasteiger partial charge in [-0.05, 0) is 48.9 Å². The summed E-state index contributed by atoms with van der Waals surface area (Å²) in [6, 6.07) is 13.8. The molecule has 2 N–H and O–H groups in total. The second-order valence-electron chi connectivity index (χ2n) is 7.21. The Kier molecular flexibility index (Phi) is 7.00. The number of halogens is 1. The van der Waals surface area contributed by atoms with Crippen molar-refractivity contribution in [1.82, 2.24) is 24.1 Å². The van der Waals surface area contributed by atoms with Gasteiger partial charge in [0.15, 0.2) is 0 Å². The minimum atomic E-state index is -0.538. The van der Waals surface area contributed by atoms with Gasteiger partial charge in [0.1, 0.15) is 5.75 Å². The van der Waals surface area contributed by atoms with Gasteiger partial charge in [-0.2, -0.15) is 0 Å². The SMILES string of the molecule is CCn1c(=O)[nH]/c(=N\c2ccc(Oc3cnc(CO)cn3)cc2)n(Cc2ccc(Cl)cc2)c1=O. The van der Waals surface area contributed by atoms with Crippen LogP contribution in [-0.4, -0.2) is 29.2 Å². The summed E-state index contributed by atoms with van der Waals surface area (Å²) in [5, 5.41) is 9.63. The lowest BCUT2D eigenvalue weighted by Gasteiger charge is -2.10. The second kappa shape index (κ2) is 10.3. The van der Waals surface area contributed by atoms with Gasteiger partial charge in [-0.3, -0.25) is 14.5 Å². The molecule has 0 fully saturated rings. The summed E-state index contributed by atoms with van der Waals surface area (Å²) >= 11 is 5.96. The molecule has 0 atom stereocenters. The monoisotopic (exact) mass is 480 g/mol. The lowest BCUT2D eigenvalue weighted by Crippen LogP contribution is -2.49. The van der Waals surface area contributed by atoms with Crippen LogP contribution in [-0.2, 0) is 19.7 Å². The number of rotatable bonds is 7. The van der Waals surface area contributed by atoms with Gasteiger partial charge in [0.2, 0.25) is 11.5 Å². The predicted octanol–water partition coefficient (Wildman–Crippen LogP) is 2.37. The summed E-state index contributed by atoms with van der Waals surface area (Å²) in [6.45, 7) is 1.95. The molecule has 0 aliphatic carbocycles. The molecule has 4 aromatic rings. The van der Waals surface area contributed by atoms with Gasteiger partial charge in [-0.15, -0.1) is 0 Å². The van der Waals surface area contributed by atoms with E-state index in [2.05, 4.69) is 19.9 Å². The maximum atomic E-state index is 13.0. The third-order valence-corrected chi connectivity index (χ3v) is 5.14. The molecule has 0 bridgehead atoms. The number of ether oxygens (including phenoxy) is 1. The molecule has 2 aromatic heterocycles. The smallest absolute Gasteiger partial charge is 0.335 e. The van der Waals surface area contributed by atoms with E-state index < -0.39 is 11.4 Å². The van der Waals surface area contributed by atoms with Crippen molar-refractivity contribution in [2.75, 3.05) is 0 Å². The summed E-state index contributed by atoms with van der Waals surface area (Å²) in [6.07, 6.45) is 2.84. The van der Waals surface area contributed by atoms with Crippen LogP contribution >= 0.6 is 11.6 Å². The fraction of sp³-hybridized carbons (Fsp3) is 0.174. The van der Waals surface area contributed by atoms with Crippen molar-refractivity contribution in [3.05, 3.63) is 104 Å². The zero-order valence-corrected chi connectivity index (χ0v) is 18.9. The van der Waals surface area contributed by atoms with E-state index >= 15 is 0 Å². The topological polar surface area (TPSA) is 127 Å². The van der Waals surface area contributed by atoms with Crippen LogP contribution in [0.1, 0.15) is 18.2 Å². The molecule has 0 saturated heterocycles. The first-order valence-electron chi connectivity index (χ1n) is 10.4. The first-order valence-corrected chi connectivity index (χ1v) is 10.8. The van der Waals surface area contributed by atoms with Crippen LogP contribution in [0, 0.1) is 0 Å². The minimum absolute atomic E-state index is 0.119. The lowest BCUT2D eigenvalue weighted by atomic mass is 10.2. The van der Waals surface area contributed by atoms with Crippen LogP contribution in [0.15, 0.2) is 75.5 Å². The third-order valence-electron chi connectivity index (χ3n) is 4.89. The highest BCUT2D eigenvalue weighted by Crippen LogP contribution is 2.22. The molecular formula is C23H21ClN6O4. The van der Waals surface area contributed by atoms with Gasteiger partial charge in [0, 0.05) is 11.6 Å². The van der Waals surface area contributed by atoms with Crippen molar-refractivity contribution in [1.29, 1.82) is 0 Å². The molecule has 0 aliphatic heterocycles. The number of nitrogens with zero attached hydrogens (tertiary/aromatic N) is 5. The Morgan fingerprint density at radius 2 is 1.76 bits per heavy atom. The average molecular weight is 481 g/mol. The van der Waals surface area contributed by atoms with E-state index in [9.17, 15) is 9.59 Å². The molecule has 0 saturated carbocycles. The number of benzene rings is 2. The number of aliphatic hydroxyl groups excluding tert-OH is 1. The molecule has 0 aliphatic rings. The number of aromatic amines is 1. The van der Waals surface area contributed by atoms with E-state index in [-0.39, 0.29) is 31.2 Å². The normalized spacial score (nSPS) is 11.6. The summed E-state index contributed by atoms with van der Waals surface area (Å²) in [5.41, 5.74) is 0.882. The maximum Gasteiger partial charge on any atom is 0.335 e. The van der Waals surface area contributed by atoms with E-state index in [0.717, 1.165) is 10.1 Å². The van der Waals surface area contributed by atoms with Gasteiger partial charge in [-0.25, -0.2) is 24.1 Å². The Hall–Kier alpha value is -4.02. The largest absolute Gasteiger partial charge is 0.438 e. The molecule has 11 heteroatoms. The van der Waals surface area contributed by atoms with Crippen LogP contribution in [0.3, 0.4) is 0 Å². The summed E-state index contributed by atoms with van der Waals surface area (Å²) in [5.74, 6) is 0.768. The molecule has 10 nitrogen and oxygen atoms in total. The molecular weight excluding hydrogens is 460 g/mol. The standard InChI is InChI=1S/C23H21ClN6O4/c1-2-29-22(32)28-21(30(23(29)33)13-15-3-5-16(24)6-4-15)27-17-7-9-19(10-8-17)34-20-12-25-18(14-31)11-26-20/h3-12,31H,2,13-14H2,1H3,(H,27,28,32). The van der Waals surface area contributed by atoms with Crippen LogP contribution in [0.25, 0.3) is 0 Å². The van der Waals surface area contributed by atoms with E-state index in [1.165, 1.54) is 17.0 Å². The Morgan fingerprint density at radius 3 is 2.38 bits per heavy atom. The van der Waals surface area contributed by atoms with Crippen LogP contribution in [0.2, 0.25) is 5.02 Å². The Balaban J connectivity index is 1.67. The van der Waals surface area contributed by atoms with Crippen LogP contribution in [0.4, 0.5) is 5.69 Å². The molecule has 0 spiro atoms. The maximum absolute atomic E-state index is 13.0. The minimum Gasteiger partial charge on any atom is -0.438 e. The summed E-state index contributed by atoms with van der Waals surface area (Å²) < 4.78 is 8.15. The van der Waals surface area contributed by atoms with Crippen molar-refractivity contribution in [2.24, 2.45) is 4.99 Å². The molecule has 34 heavy (non-hydrogen) atoms. The van der Waals surface area contributed by atoms with E-state index in [1.54, 1.807) is 43.3 Å². The Bertz CT molecular complexity index is 1460. The van der Waals surface area contributed by atoms with Gasteiger partial charge in [-0.1, -0.05) is 23.7 Å². The van der Waals surface area contributed by atoms with E-state index in [0.29, 0.717) is 22.2 Å². The lowest BCUT2D eigenvalue weighted by molar-refractivity contribution is 0.276. The second-order valence-corrected chi connectivity index (χ2v) is 7.64. The number of nitrogens with one attached hydrogen (secondary N) is 1. The summed E-state index contributed by atoms with van der Waals surface area (Å²) in [4.78, 5) is 40.6. The van der Waals surface area contributed by atoms with Crippen molar-refractivity contribution in [2.45, 2.75) is 26.6 Å².